The summed E-state index contributed by atoms with van der Waals surface area (Å²) in [6, 6.07) is 10.7. The first-order chi connectivity index (χ1) is 12.5. The number of nitrogens with zero attached hydrogens (tertiary/aromatic N) is 2. The van der Waals surface area contributed by atoms with Crippen LogP contribution in [-0.4, -0.2) is 15.6 Å². The summed E-state index contributed by atoms with van der Waals surface area (Å²) >= 11 is 1.37. The Balaban J connectivity index is 1.80. The number of hydrogen-bond acceptors (Lipinski definition) is 5. The predicted octanol–water partition coefficient (Wildman–Crippen LogP) is 3.72. The lowest BCUT2D eigenvalue weighted by molar-refractivity contribution is 0.101. The molecule has 1 amide bonds. The minimum absolute atomic E-state index is 0.333. The van der Waals surface area contributed by atoms with Gasteiger partial charge in [-0.25, -0.2) is 9.66 Å². The average molecular weight is 365 g/mol. The van der Waals surface area contributed by atoms with E-state index >= 15 is 0 Å². The third-order valence-corrected chi connectivity index (χ3v) is 4.96. The minimum Gasteiger partial charge on any atom is -0.464 e. The van der Waals surface area contributed by atoms with Crippen LogP contribution in [0.2, 0.25) is 0 Å². The first-order valence-corrected chi connectivity index (χ1v) is 8.85. The number of benzene rings is 1. The van der Waals surface area contributed by atoms with Crippen LogP contribution in [0.1, 0.15) is 21.7 Å². The van der Waals surface area contributed by atoms with E-state index < -0.39 is 0 Å². The fourth-order valence-electron chi connectivity index (χ4n) is 2.71. The maximum absolute atomic E-state index is 13.0. The number of aromatic nitrogens is 2. The number of amides is 1. The Labute approximate surface area is 152 Å². The van der Waals surface area contributed by atoms with Gasteiger partial charge in [-0.1, -0.05) is 17.7 Å². The van der Waals surface area contributed by atoms with Crippen molar-refractivity contribution in [2.24, 2.45) is 0 Å². The fourth-order valence-corrected chi connectivity index (χ4v) is 3.67. The molecule has 0 radical (unpaired) electrons. The van der Waals surface area contributed by atoms with Gasteiger partial charge in [0.05, 0.1) is 11.6 Å². The molecule has 0 aliphatic rings. The number of thiophene rings is 1. The van der Waals surface area contributed by atoms with Crippen LogP contribution in [0, 0.1) is 13.8 Å². The average Bonchev–Trinajstić information content (AvgIpc) is 3.28. The lowest BCUT2D eigenvalue weighted by Crippen LogP contribution is -2.35. The summed E-state index contributed by atoms with van der Waals surface area (Å²) in [6.45, 7) is 3.63. The van der Waals surface area contributed by atoms with Gasteiger partial charge in [-0.2, -0.15) is 0 Å². The van der Waals surface area contributed by atoms with Crippen molar-refractivity contribution in [3.63, 3.8) is 0 Å². The van der Waals surface area contributed by atoms with Crippen molar-refractivity contribution in [2.45, 2.75) is 13.8 Å². The minimum atomic E-state index is -0.369. The Kier molecular flexibility index (Phi) is 3.93. The van der Waals surface area contributed by atoms with Crippen molar-refractivity contribution in [3.8, 4) is 11.3 Å². The van der Waals surface area contributed by atoms with Crippen molar-refractivity contribution in [1.29, 1.82) is 0 Å². The van der Waals surface area contributed by atoms with E-state index in [0.29, 0.717) is 32.9 Å². The molecule has 1 N–H and O–H groups in total. The number of carbonyl (C=O) groups is 1. The monoisotopic (exact) mass is 365 g/mol. The molecule has 0 bridgehead atoms. The van der Waals surface area contributed by atoms with Gasteiger partial charge >= 0.3 is 0 Å². The van der Waals surface area contributed by atoms with Crippen molar-refractivity contribution in [1.82, 2.24) is 9.66 Å². The molecule has 130 valence electrons. The molecule has 0 aliphatic carbocycles. The molecule has 3 aromatic heterocycles. The Bertz CT molecular complexity index is 1160. The molecule has 0 saturated carbocycles. The number of carbonyl (C=O) groups excluding carboxylic acids is 1. The lowest BCUT2D eigenvalue weighted by atomic mass is 10.1. The maximum Gasteiger partial charge on any atom is 0.281 e. The van der Waals surface area contributed by atoms with Crippen LogP contribution in [0.4, 0.5) is 0 Å². The van der Waals surface area contributed by atoms with Crippen molar-refractivity contribution < 1.29 is 9.21 Å². The Morgan fingerprint density at radius 1 is 1.19 bits per heavy atom. The summed E-state index contributed by atoms with van der Waals surface area (Å²) in [4.78, 5) is 30.6. The lowest BCUT2D eigenvalue weighted by Gasteiger charge is -2.11. The molecule has 0 fully saturated rings. The maximum atomic E-state index is 13.0. The van der Waals surface area contributed by atoms with Crippen molar-refractivity contribution in [3.05, 3.63) is 75.3 Å². The molecule has 0 aliphatic heterocycles. The predicted molar refractivity (Wildman–Crippen MR) is 101 cm³/mol. The molecule has 4 aromatic rings. The van der Waals surface area contributed by atoms with Gasteiger partial charge in [-0.15, -0.1) is 11.3 Å². The van der Waals surface area contributed by atoms with E-state index in [9.17, 15) is 9.59 Å². The number of hydrogen-bond donors (Lipinski definition) is 1. The largest absolute Gasteiger partial charge is 0.464 e. The highest BCUT2D eigenvalue weighted by molar-refractivity contribution is 7.17. The molecule has 0 unspecified atom stereocenters. The number of furan rings is 1. The first-order valence-electron chi connectivity index (χ1n) is 7.97. The standard InChI is InChI=1S/C19H15N3O3S/c1-11-5-7-13(8-6-11)17(23)21-22-12(2)20-18-16(19(22)24)14(10-26-18)15-4-3-9-25-15/h3-10H,1-2H3,(H,21,23). The van der Waals surface area contributed by atoms with E-state index in [-0.39, 0.29) is 11.5 Å². The van der Waals surface area contributed by atoms with E-state index in [0.717, 1.165) is 5.56 Å². The number of nitrogens with one attached hydrogen (secondary N) is 1. The molecular weight excluding hydrogens is 350 g/mol. The van der Waals surface area contributed by atoms with Gasteiger partial charge in [0.25, 0.3) is 11.5 Å². The first kappa shape index (κ1) is 16.3. The SMILES string of the molecule is Cc1ccc(C(=O)Nn2c(C)nc3scc(-c4ccco4)c3c2=O)cc1. The van der Waals surface area contributed by atoms with E-state index in [1.165, 1.54) is 16.0 Å². The van der Waals surface area contributed by atoms with Gasteiger partial charge in [0.1, 0.15) is 16.4 Å². The highest BCUT2D eigenvalue weighted by Gasteiger charge is 2.18. The van der Waals surface area contributed by atoms with Crippen LogP contribution in [-0.2, 0) is 0 Å². The van der Waals surface area contributed by atoms with E-state index in [1.807, 2.05) is 24.4 Å². The van der Waals surface area contributed by atoms with Gasteiger partial charge in [0.2, 0.25) is 0 Å². The molecule has 3 heterocycles. The van der Waals surface area contributed by atoms with Crippen LogP contribution in [0.25, 0.3) is 21.5 Å². The third kappa shape index (κ3) is 2.72. The Morgan fingerprint density at radius 2 is 1.96 bits per heavy atom. The van der Waals surface area contributed by atoms with Gasteiger partial charge in [-0.3, -0.25) is 15.0 Å². The molecule has 1 aromatic carbocycles. The summed E-state index contributed by atoms with van der Waals surface area (Å²) < 4.78 is 6.60. The molecule has 7 heteroatoms. The van der Waals surface area contributed by atoms with Crippen LogP contribution >= 0.6 is 11.3 Å². The van der Waals surface area contributed by atoms with E-state index in [2.05, 4.69) is 10.4 Å². The molecule has 0 spiro atoms. The summed E-state index contributed by atoms with van der Waals surface area (Å²) in [5.74, 6) is 0.636. The van der Waals surface area contributed by atoms with Crippen LogP contribution < -0.4 is 11.0 Å². The number of rotatable bonds is 3. The zero-order valence-electron chi connectivity index (χ0n) is 14.1. The zero-order valence-corrected chi connectivity index (χ0v) is 15.0. The Hall–Kier alpha value is -3.19. The van der Waals surface area contributed by atoms with Crippen molar-refractivity contribution >= 4 is 27.5 Å². The summed E-state index contributed by atoms with van der Waals surface area (Å²) in [7, 11) is 0. The van der Waals surface area contributed by atoms with E-state index in [4.69, 9.17) is 4.42 Å². The second kappa shape index (κ2) is 6.27. The fraction of sp³-hybridized carbons (Fsp3) is 0.105. The number of fused-ring (bicyclic) bond motifs is 1. The second-order valence-electron chi connectivity index (χ2n) is 5.91. The van der Waals surface area contributed by atoms with Gasteiger partial charge < -0.3 is 4.42 Å². The zero-order chi connectivity index (χ0) is 18.3. The summed E-state index contributed by atoms with van der Waals surface area (Å²) in [6.07, 6.45) is 1.55. The molecular formula is C19H15N3O3S. The van der Waals surface area contributed by atoms with Crippen molar-refractivity contribution in [2.75, 3.05) is 5.43 Å². The highest BCUT2D eigenvalue weighted by Crippen LogP contribution is 2.31. The molecule has 4 rings (SSSR count). The van der Waals surface area contributed by atoms with Crippen LogP contribution in [0.3, 0.4) is 0 Å². The molecule has 6 nitrogen and oxygen atoms in total. The number of aryl methyl sites for hydroxylation is 2. The van der Waals surface area contributed by atoms with Gasteiger partial charge in [0.15, 0.2) is 0 Å². The molecule has 0 saturated heterocycles. The van der Waals surface area contributed by atoms with Crippen LogP contribution in [0.15, 0.2) is 57.3 Å². The summed E-state index contributed by atoms with van der Waals surface area (Å²) in [5.41, 5.74) is 4.51. The highest BCUT2D eigenvalue weighted by atomic mass is 32.1. The van der Waals surface area contributed by atoms with Gasteiger partial charge in [-0.05, 0) is 38.1 Å². The topological polar surface area (TPSA) is 77.1 Å². The normalized spacial score (nSPS) is 11.0. The molecule has 26 heavy (non-hydrogen) atoms. The smallest absolute Gasteiger partial charge is 0.281 e. The van der Waals surface area contributed by atoms with E-state index in [1.54, 1.807) is 37.5 Å². The Morgan fingerprint density at radius 3 is 2.65 bits per heavy atom. The molecule has 0 atom stereocenters. The quantitative estimate of drug-likeness (QED) is 0.600. The third-order valence-electron chi connectivity index (χ3n) is 4.09. The van der Waals surface area contributed by atoms with Gasteiger partial charge in [0, 0.05) is 16.5 Å². The summed E-state index contributed by atoms with van der Waals surface area (Å²) in [5, 5.41) is 2.27. The second-order valence-corrected chi connectivity index (χ2v) is 6.77. The van der Waals surface area contributed by atoms with Crippen LogP contribution in [0.5, 0.6) is 0 Å².